The number of hydrogen-bond donors (Lipinski definition) is 2. The van der Waals surface area contributed by atoms with E-state index in [0.29, 0.717) is 25.0 Å². The second-order valence-corrected chi connectivity index (χ2v) is 10.3. The highest BCUT2D eigenvalue weighted by Gasteiger charge is 2.39. The van der Waals surface area contributed by atoms with Crippen molar-refractivity contribution in [1.29, 1.82) is 0 Å². The molecule has 0 radical (unpaired) electrons. The lowest BCUT2D eigenvalue weighted by Crippen LogP contribution is -2.36. The number of alkyl halides is 3. The number of nitrogens with zero attached hydrogens (tertiary/aromatic N) is 2. The van der Waals surface area contributed by atoms with Gasteiger partial charge < -0.3 is 10.6 Å². The number of anilines is 1. The van der Waals surface area contributed by atoms with Crippen LogP contribution in [-0.2, 0) is 26.2 Å². The third-order valence-electron chi connectivity index (χ3n) is 4.33. The molecule has 1 fully saturated rings. The number of benzene rings is 1. The van der Waals surface area contributed by atoms with Gasteiger partial charge in [0.1, 0.15) is 16.1 Å². The molecular weight excluding hydrogens is 433 g/mol. The fraction of sp³-hybridized carbons (Fsp3) is 0.562. The molecule has 0 saturated heterocycles. The predicted molar refractivity (Wildman–Crippen MR) is 102 cm³/mol. The van der Waals surface area contributed by atoms with E-state index in [2.05, 4.69) is 9.12 Å². The van der Waals surface area contributed by atoms with E-state index < -0.39 is 47.3 Å². The van der Waals surface area contributed by atoms with Gasteiger partial charge in [0.15, 0.2) is 0 Å². The molecule has 1 aliphatic carbocycles. The van der Waals surface area contributed by atoms with E-state index in [1.807, 2.05) is 0 Å². The molecule has 1 aromatic rings. The third kappa shape index (κ3) is 5.82. The lowest BCUT2D eigenvalue weighted by Gasteiger charge is -2.23. The first-order valence-corrected chi connectivity index (χ1v) is 11.7. The van der Waals surface area contributed by atoms with Gasteiger partial charge in [0, 0.05) is 20.1 Å². The normalized spacial score (nSPS) is 17.0. The molecule has 1 aromatic carbocycles. The van der Waals surface area contributed by atoms with Gasteiger partial charge in [0.25, 0.3) is 10.0 Å². The minimum atomic E-state index is -5.08. The molecule has 0 amide bonds. The summed E-state index contributed by atoms with van der Waals surface area (Å²) in [5.41, 5.74) is 3.30. The van der Waals surface area contributed by atoms with Crippen LogP contribution in [0.25, 0.3) is 0 Å². The van der Waals surface area contributed by atoms with Gasteiger partial charge in [-0.05, 0) is 25.0 Å². The van der Waals surface area contributed by atoms with Crippen molar-refractivity contribution in [2.24, 2.45) is 4.40 Å². The van der Waals surface area contributed by atoms with Gasteiger partial charge >= 0.3 is 6.18 Å². The smallest absolute Gasteiger partial charge is 0.398 e. The van der Waals surface area contributed by atoms with Crippen LogP contribution in [0.5, 0.6) is 0 Å². The Morgan fingerprint density at radius 1 is 1.10 bits per heavy atom. The molecule has 0 aromatic heterocycles. The summed E-state index contributed by atoms with van der Waals surface area (Å²) < 4.78 is 96.1. The molecule has 29 heavy (non-hydrogen) atoms. The van der Waals surface area contributed by atoms with Gasteiger partial charge in [-0.15, -0.1) is 4.40 Å². The van der Waals surface area contributed by atoms with Gasteiger partial charge in [-0.3, -0.25) is 0 Å². The van der Waals surface area contributed by atoms with E-state index in [4.69, 9.17) is 5.73 Å². The maximum absolute atomic E-state index is 13.4. The third-order valence-corrected chi connectivity index (χ3v) is 7.17. The molecular formula is C16H23F3N4O4S2. The van der Waals surface area contributed by atoms with Crippen LogP contribution in [0.2, 0.25) is 0 Å². The molecule has 0 unspecified atom stereocenters. The highest BCUT2D eigenvalue weighted by Crippen LogP contribution is 2.38. The Bertz CT molecular complexity index is 984. The van der Waals surface area contributed by atoms with Crippen LogP contribution in [-0.4, -0.2) is 48.2 Å². The Morgan fingerprint density at radius 2 is 1.69 bits per heavy atom. The molecule has 13 heteroatoms. The molecule has 1 aliphatic rings. The zero-order valence-electron chi connectivity index (χ0n) is 15.9. The summed E-state index contributed by atoms with van der Waals surface area (Å²) in [6.45, 7) is 0. The summed E-state index contributed by atoms with van der Waals surface area (Å²) >= 11 is 0. The fourth-order valence-corrected chi connectivity index (χ4v) is 5.63. The number of sulfonamides is 2. The topological polar surface area (TPSA) is 122 Å². The lowest BCUT2D eigenvalue weighted by atomic mass is 9.96. The van der Waals surface area contributed by atoms with Crippen molar-refractivity contribution in [2.75, 3.05) is 19.8 Å². The number of halogens is 3. The molecule has 2 rings (SSSR count). The van der Waals surface area contributed by atoms with Crippen molar-refractivity contribution >= 4 is 32.1 Å². The number of nitrogens with two attached hydrogens (primary N) is 1. The van der Waals surface area contributed by atoms with E-state index in [9.17, 15) is 30.0 Å². The maximum Gasteiger partial charge on any atom is 0.417 e. The van der Waals surface area contributed by atoms with Gasteiger partial charge in [-0.1, -0.05) is 19.3 Å². The van der Waals surface area contributed by atoms with Crippen molar-refractivity contribution in [2.45, 2.75) is 54.1 Å². The summed E-state index contributed by atoms with van der Waals surface area (Å²) in [5, 5.41) is 0. The first kappa shape index (κ1) is 23.4. The van der Waals surface area contributed by atoms with E-state index in [1.165, 1.54) is 19.0 Å². The molecule has 0 aliphatic heterocycles. The molecule has 0 bridgehead atoms. The minimum Gasteiger partial charge on any atom is -0.398 e. The number of nitrogen functional groups attached to an aromatic ring is 1. The van der Waals surface area contributed by atoms with Gasteiger partial charge in [0.05, 0.1) is 11.3 Å². The monoisotopic (exact) mass is 456 g/mol. The Morgan fingerprint density at radius 3 is 2.21 bits per heavy atom. The van der Waals surface area contributed by atoms with Crippen LogP contribution >= 0.6 is 0 Å². The van der Waals surface area contributed by atoms with Crippen molar-refractivity contribution in [3.8, 4) is 0 Å². The second kappa shape index (κ2) is 8.48. The largest absolute Gasteiger partial charge is 0.417 e. The maximum atomic E-state index is 13.4. The Balaban J connectivity index is 2.60. The van der Waals surface area contributed by atoms with Crippen LogP contribution in [0.1, 0.15) is 37.7 Å². The Kier molecular flexibility index (Phi) is 6.85. The number of nitrogens with one attached hydrogen (secondary N) is 1. The first-order chi connectivity index (χ1) is 13.2. The zero-order chi connectivity index (χ0) is 22.0. The number of rotatable bonds is 6. The van der Waals surface area contributed by atoms with Gasteiger partial charge in [0.2, 0.25) is 10.0 Å². The SMILES string of the molecule is CN(C)/C=N/S(=O)(=O)c1cc(S(=O)(=O)NC2CCCCC2)c(N)cc1C(F)(F)F. The van der Waals surface area contributed by atoms with Crippen LogP contribution in [0.15, 0.2) is 26.3 Å². The lowest BCUT2D eigenvalue weighted by molar-refractivity contribution is -0.139. The minimum absolute atomic E-state index is 0.313. The quantitative estimate of drug-likeness (QED) is 0.384. The Hall–Kier alpha value is -1.86. The molecule has 0 atom stereocenters. The average molecular weight is 457 g/mol. The first-order valence-electron chi connectivity index (χ1n) is 8.74. The van der Waals surface area contributed by atoms with Gasteiger partial charge in [-0.25, -0.2) is 13.1 Å². The number of hydrogen-bond acceptors (Lipinski definition) is 5. The molecule has 164 valence electrons. The second-order valence-electron chi connectivity index (χ2n) is 7.00. The molecule has 0 heterocycles. The van der Waals surface area contributed by atoms with Crippen molar-refractivity contribution in [3.05, 3.63) is 17.7 Å². The molecule has 1 saturated carbocycles. The zero-order valence-corrected chi connectivity index (χ0v) is 17.5. The summed E-state index contributed by atoms with van der Waals surface area (Å²) in [4.78, 5) is -0.791. The van der Waals surface area contributed by atoms with Crippen molar-refractivity contribution < 1.29 is 30.0 Å². The van der Waals surface area contributed by atoms with E-state index in [0.717, 1.165) is 25.6 Å². The summed E-state index contributed by atoms with van der Waals surface area (Å²) in [7, 11) is -6.32. The molecule has 0 spiro atoms. The van der Waals surface area contributed by atoms with E-state index in [-0.39, 0.29) is 6.04 Å². The fourth-order valence-electron chi connectivity index (χ4n) is 2.96. The summed E-state index contributed by atoms with van der Waals surface area (Å²) in [5.74, 6) is 0. The predicted octanol–water partition coefficient (Wildman–Crippen LogP) is 2.18. The molecule has 3 N–H and O–H groups in total. The van der Waals surface area contributed by atoms with Gasteiger partial charge in [-0.2, -0.15) is 21.6 Å². The summed E-state index contributed by atoms with van der Waals surface area (Å²) in [6, 6.07) is 0.348. The van der Waals surface area contributed by atoms with Crippen LogP contribution < -0.4 is 10.5 Å². The van der Waals surface area contributed by atoms with E-state index in [1.54, 1.807) is 0 Å². The van der Waals surface area contributed by atoms with Crippen molar-refractivity contribution in [3.63, 3.8) is 0 Å². The van der Waals surface area contributed by atoms with E-state index >= 15 is 0 Å². The summed E-state index contributed by atoms with van der Waals surface area (Å²) in [6.07, 6.45) is -0.518. The highest BCUT2D eigenvalue weighted by molar-refractivity contribution is 7.91. The van der Waals surface area contributed by atoms with Crippen molar-refractivity contribution in [1.82, 2.24) is 9.62 Å². The van der Waals surface area contributed by atoms with Crippen LogP contribution in [0.3, 0.4) is 0 Å². The Labute approximate surface area is 168 Å². The highest BCUT2D eigenvalue weighted by atomic mass is 32.2. The van der Waals surface area contributed by atoms with Crippen LogP contribution in [0, 0.1) is 0 Å². The molecule has 8 nitrogen and oxygen atoms in total. The average Bonchev–Trinajstić information content (AvgIpc) is 2.59. The van der Waals surface area contributed by atoms with Crippen LogP contribution in [0.4, 0.5) is 18.9 Å². The standard InChI is InChI=1S/C16H23F3N4O4S2/c1-23(2)10-21-28(24,25)14-9-15(13(20)8-12(14)16(17,18)19)29(26,27)22-11-6-4-3-5-7-11/h8-11,22H,3-7,20H2,1-2H3/b21-10+.